The molecule has 0 aliphatic heterocycles. The zero-order valence-electron chi connectivity index (χ0n) is 10.4. The second kappa shape index (κ2) is 4.94. The van der Waals surface area contributed by atoms with Gasteiger partial charge >= 0.3 is 0 Å². The number of aromatic nitrogens is 3. The molecule has 0 bridgehead atoms. The van der Waals surface area contributed by atoms with Gasteiger partial charge in [-0.1, -0.05) is 12.1 Å². The molecule has 0 saturated heterocycles. The highest BCUT2D eigenvalue weighted by Crippen LogP contribution is 2.25. The largest absolute Gasteiger partial charge is 0.366 e. The summed E-state index contributed by atoms with van der Waals surface area (Å²) >= 11 is 0. The molecule has 1 amide bonds. The molecule has 0 aliphatic carbocycles. The molecule has 2 rings (SSSR count). The molecule has 0 atom stereocenters. The molecule has 1 aromatic heterocycles. The first-order valence-corrected chi connectivity index (χ1v) is 6.97. The Morgan fingerprint density at radius 2 is 1.95 bits per heavy atom. The molecule has 0 radical (unpaired) electrons. The highest BCUT2D eigenvalue weighted by atomic mass is 32.2. The fraction of sp³-hybridized carbons (Fsp3) is 0.0909. The Morgan fingerprint density at radius 3 is 2.50 bits per heavy atom. The minimum atomic E-state index is -4.09. The number of nitrogens with zero attached hydrogens (tertiary/aromatic N) is 3. The monoisotopic (exact) mass is 293 g/mol. The van der Waals surface area contributed by atoms with Crippen LogP contribution in [-0.4, -0.2) is 29.3 Å². The van der Waals surface area contributed by atoms with E-state index in [1.807, 2.05) is 0 Å². The highest BCUT2D eigenvalue weighted by Gasteiger charge is 2.23. The van der Waals surface area contributed by atoms with Gasteiger partial charge in [0.05, 0.1) is 10.5 Å². The summed E-state index contributed by atoms with van der Waals surface area (Å²) in [5.74, 6) is -0.356. The van der Waals surface area contributed by atoms with Gasteiger partial charge in [0.1, 0.15) is 12.2 Å². The minimum Gasteiger partial charge on any atom is -0.366 e. The van der Waals surface area contributed by atoms with E-state index in [0.29, 0.717) is 5.82 Å². The van der Waals surface area contributed by atoms with Gasteiger partial charge < -0.3 is 5.73 Å². The van der Waals surface area contributed by atoms with E-state index < -0.39 is 15.9 Å². The molecule has 0 aliphatic rings. The molecule has 104 valence electrons. The van der Waals surface area contributed by atoms with Crippen LogP contribution in [0.2, 0.25) is 0 Å². The Balaban J connectivity index is 2.81. The number of carbonyl (C=O) groups excluding carboxylic acids is 1. The third-order valence-electron chi connectivity index (χ3n) is 2.51. The van der Waals surface area contributed by atoms with E-state index in [0.717, 1.165) is 0 Å². The molecule has 0 fully saturated rings. The average Bonchev–Trinajstić information content (AvgIpc) is 2.36. The molecule has 0 spiro atoms. The van der Waals surface area contributed by atoms with Gasteiger partial charge in [-0.2, -0.15) is 0 Å². The maximum absolute atomic E-state index is 11.6. The quantitative estimate of drug-likeness (QED) is 0.787. The van der Waals surface area contributed by atoms with Crippen LogP contribution in [0.15, 0.2) is 29.4 Å². The highest BCUT2D eigenvalue weighted by molar-refractivity contribution is 7.89. The first-order valence-electron chi connectivity index (χ1n) is 5.42. The molecule has 9 heteroatoms. The predicted molar refractivity (Wildman–Crippen MR) is 69.9 cm³/mol. The standard InChI is InChI=1S/C11H11N5O3S/c1-6-14-5-15-11(16-6)7-3-2-4-8(20(13,18)19)9(7)10(12)17/h2-5H,1H3,(H2,12,17)(H2,13,18,19). The molecule has 8 nitrogen and oxygen atoms in total. The lowest BCUT2D eigenvalue weighted by atomic mass is 10.1. The molecule has 0 saturated carbocycles. The molecular weight excluding hydrogens is 282 g/mol. The first-order chi connectivity index (χ1) is 9.30. The number of benzene rings is 1. The van der Waals surface area contributed by atoms with Crippen molar-refractivity contribution in [2.75, 3.05) is 0 Å². The van der Waals surface area contributed by atoms with E-state index >= 15 is 0 Å². The van der Waals surface area contributed by atoms with Crippen molar-refractivity contribution in [1.82, 2.24) is 15.0 Å². The number of primary amides is 1. The maximum Gasteiger partial charge on any atom is 0.250 e. The fourth-order valence-electron chi connectivity index (χ4n) is 1.72. The van der Waals surface area contributed by atoms with E-state index in [4.69, 9.17) is 10.9 Å². The van der Waals surface area contributed by atoms with E-state index in [9.17, 15) is 13.2 Å². The van der Waals surface area contributed by atoms with Gasteiger partial charge in [-0.05, 0) is 13.0 Å². The number of nitrogens with two attached hydrogens (primary N) is 2. The molecule has 4 N–H and O–H groups in total. The lowest BCUT2D eigenvalue weighted by molar-refractivity contribution is 0.0997. The lowest BCUT2D eigenvalue weighted by Gasteiger charge is -2.09. The van der Waals surface area contributed by atoms with Crippen molar-refractivity contribution in [3.8, 4) is 11.4 Å². The zero-order chi connectivity index (χ0) is 14.9. The predicted octanol–water partition coefficient (Wildman–Crippen LogP) is -0.407. The third-order valence-corrected chi connectivity index (χ3v) is 3.47. The van der Waals surface area contributed by atoms with E-state index in [1.165, 1.54) is 24.5 Å². The van der Waals surface area contributed by atoms with Gasteiger partial charge in [0.15, 0.2) is 5.82 Å². The van der Waals surface area contributed by atoms with E-state index in [1.54, 1.807) is 6.92 Å². The van der Waals surface area contributed by atoms with Gasteiger partial charge in [-0.15, -0.1) is 0 Å². The lowest BCUT2D eigenvalue weighted by Crippen LogP contribution is -2.21. The third kappa shape index (κ3) is 2.63. The summed E-state index contributed by atoms with van der Waals surface area (Å²) in [5, 5.41) is 5.08. The van der Waals surface area contributed by atoms with Crippen molar-refractivity contribution < 1.29 is 13.2 Å². The number of primary sulfonamides is 1. The normalized spacial score (nSPS) is 11.3. The number of sulfonamides is 1. The summed E-state index contributed by atoms with van der Waals surface area (Å²) in [6.07, 6.45) is 1.26. The summed E-state index contributed by atoms with van der Waals surface area (Å²) in [7, 11) is -4.09. The first kappa shape index (κ1) is 14.0. The Labute approximate surface area is 114 Å². The number of hydrogen-bond donors (Lipinski definition) is 2. The number of aryl methyl sites for hydroxylation is 1. The Morgan fingerprint density at radius 1 is 1.25 bits per heavy atom. The van der Waals surface area contributed by atoms with E-state index in [2.05, 4.69) is 15.0 Å². The topological polar surface area (TPSA) is 142 Å². The molecular formula is C11H11N5O3S. The molecule has 0 unspecified atom stereocenters. The second-order valence-electron chi connectivity index (χ2n) is 3.94. The van der Waals surface area contributed by atoms with Crippen LogP contribution in [0.25, 0.3) is 11.4 Å². The van der Waals surface area contributed by atoms with Gasteiger partial charge in [0.25, 0.3) is 5.91 Å². The molecule has 1 aromatic carbocycles. The van der Waals surface area contributed by atoms with Crippen LogP contribution < -0.4 is 10.9 Å². The summed E-state index contributed by atoms with van der Waals surface area (Å²) in [6, 6.07) is 4.12. The smallest absolute Gasteiger partial charge is 0.250 e. The zero-order valence-corrected chi connectivity index (χ0v) is 11.3. The van der Waals surface area contributed by atoms with Crippen LogP contribution in [0.1, 0.15) is 16.2 Å². The Bertz CT molecular complexity index is 788. The van der Waals surface area contributed by atoms with Gasteiger partial charge in [0.2, 0.25) is 10.0 Å². The molecule has 2 aromatic rings. The number of amides is 1. The molecule has 1 heterocycles. The van der Waals surface area contributed by atoms with Crippen molar-refractivity contribution >= 4 is 15.9 Å². The maximum atomic E-state index is 11.6. The van der Waals surface area contributed by atoms with Crippen LogP contribution in [0.4, 0.5) is 0 Å². The van der Waals surface area contributed by atoms with Gasteiger partial charge in [0, 0.05) is 5.56 Å². The van der Waals surface area contributed by atoms with Crippen molar-refractivity contribution in [2.45, 2.75) is 11.8 Å². The van der Waals surface area contributed by atoms with Crippen molar-refractivity contribution in [3.05, 3.63) is 35.9 Å². The Kier molecular flexibility index (Phi) is 3.47. The molecule has 20 heavy (non-hydrogen) atoms. The summed E-state index contributed by atoms with van der Waals surface area (Å²) < 4.78 is 23.1. The van der Waals surface area contributed by atoms with Crippen molar-refractivity contribution in [2.24, 2.45) is 10.9 Å². The second-order valence-corrected chi connectivity index (χ2v) is 5.47. The number of rotatable bonds is 3. The van der Waals surface area contributed by atoms with Crippen molar-refractivity contribution in [3.63, 3.8) is 0 Å². The average molecular weight is 293 g/mol. The van der Waals surface area contributed by atoms with Crippen LogP contribution in [-0.2, 0) is 10.0 Å². The van der Waals surface area contributed by atoms with Crippen LogP contribution in [0.5, 0.6) is 0 Å². The summed E-state index contributed by atoms with van der Waals surface area (Å²) in [5.41, 5.74) is 5.21. The van der Waals surface area contributed by atoms with Gasteiger partial charge in [-0.3, -0.25) is 4.79 Å². The van der Waals surface area contributed by atoms with Crippen LogP contribution >= 0.6 is 0 Å². The minimum absolute atomic E-state index is 0.150. The van der Waals surface area contributed by atoms with Gasteiger partial charge in [-0.25, -0.2) is 28.5 Å². The fourth-order valence-corrected chi connectivity index (χ4v) is 2.48. The summed E-state index contributed by atoms with van der Waals surface area (Å²) in [6.45, 7) is 1.64. The number of hydrogen-bond acceptors (Lipinski definition) is 6. The van der Waals surface area contributed by atoms with Crippen LogP contribution in [0, 0.1) is 6.92 Å². The Hall–Kier alpha value is -2.39. The van der Waals surface area contributed by atoms with Crippen LogP contribution in [0.3, 0.4) is 0 Å². The SMILES string of the molecule is Cc1ncnc(-c2cccc(S(N)(=O)=O)c2C(N)=O)n1. The van der Waals surface area contributed by atoms with E-state index in [-0.39, 0.29) is 21.8 Å². The van der Waals surface area contributed by atoms with Crippen molar-refractivity contribution in [1.29, 1.82) is 0 Å². The number of carbonyl (C=O) groups is 1. The summed E-state index contributed by atoms with van der Waals surface area (Å²) in [4.78, 5) is 23.0.